The van der Waals surface area contributed by atoms with Crippen LogP contribution in [0.15, 0.2) is 15.4 Å². The smallest absolute Gasteiger partial charge is 0.274 e. The topological polar surface area (TPSA) is 78.2 Å². The maximum atomic E-state index is 12.5. The molecule has 0 N–H and O–H groups in total. The quantitative estimate of drug-likeness (QED) is 0.739. The minimum Gasteiger partial charge on any atom is -0.361 e. The molecule has 3 rings (SSSR count). The first kappa shape index (κ1) is 14.5. The SMILES string of the molecule is Cc1noc(C)c1Cn1c(C)nc2nc(C(C)C)cc(=O)n21. The van der Waals surface area contributed by atoms with Crippen molar-refractivity contribution in [1.82, 2.24) is 24.3 Å². The largest absolute Gasteiger partial charge is 0.361 e. The fourth-order valence-corrected chi connectivity index (χ4v) is 2.49. The Labute approximate surface area is 127 Å². The molecule has 7 heteroatoms. The second-order valence-electron chi connectivity index (χ2n) is 5.81. The maximum absolute atomic E-state index is 12.5. The highest BCUT2D eigenvalue weighted by Crippen LogP contribution is 2.16. The van der Waals surface area contributed by atoms with E-state index >= 15 is 0 Å². The fraction of sp³-hybridized carbons (Fsp3) is 0.467. The average Bonchev–Trinajstić information content (AvgIpc) is 2.93. The van der Waals surface area contributed by atoms with Crippen LogP contribution in [0.5, 0.6) is 0 Å². The second-order valence-corrected chi connectivity index (χ2v) is 5.81. The van der Waals surface area contributed by atoms with E-state index in [1.54, 1.807) is 10.7 Å². The molecule has 0 saturated heterocycles. The van der Waals surface area contributed by atoms with Crippen LogP contribution in [0.4, 0.5) is 0 Å². The van der Waals surface area contributed by atoms with Crippen LogP contribution >= 0.6 is 0 Å². The molecule has 116 valence electrons. The summed E-state index contributed by atoms with van der Waals surface area (Å²) in [5, 5.41) is 3.95. The third-order valence-electron chi connectivity index (χ3n) is 3.86. The Morgan fingerprint density at radius 3 is 2.55 bits per heavy atom. The molecule has 0 fully saturated rings. The summed E-state index contributed by atoms with van der Waals surface area (Å²) in [5.41, 5.74) is 2.41. The molecule has 3 aromatic rings. The van der Waals surface area contributed by atoms with Gasteiger partial charge in [-0.05, 0) is 26.7 Å². The van der Waals surface area contributed by atoms with Crippen LogP contribution in [0.1, 0.15) is 48.3 Å². The van der Waals surface area contributed by atoms with Gasteiger partial charge in [-0.3, -0.25) is 9.48 Å². The number of fused-ring (bicyclic) bond motifs is 1. The van der Waals surface area contributed by atoms with Gasteiger partial charge in [0.2, 0.25) is 0 Å². The van der Waals surface area contributed by atoms with Gasteiger partial charge in [0.05, 0.1) is 17.9 Å². The van der Waals surface area contributed by atoms with Crippen LogP contribution in [0.3, 0.4) is 0 Å². The first-order valence-corrected chi connectivity index (χ1v) is 7.27. The van der Waals surface area contributed by atoms with Crippen molar-refractivity contribution in [2.24, 2.45) is 0 Å². The summed E-state index contributed by atoms with van der Waals surface area (Å²) >= 11 is 0. The van der Waals surface area contributed by atoms with Crippen molar-refractivity contribution in [3.8, 4) is 0 Å². The lowest BCUT2D eigenvalue weighted by Crippen LogP contribution is -2.23. The summed E-state index contributed by atoms with van der Waals surface area (Å²) in [6, 6.07) is 1.57. The van der Waals surface area contributed by atoms with Crippen LogP contribution in [0, 0.1) is 20.8 Å². The molecule has 0 unspecified atom stereocenters. The first-order valence-electron chi connectivity index (χ1n) is 7.27. The summed E-state index contributed by atoms with van der Waals surface area (Å²) < 4.78 is 8.50. The van der Waals surface area contributed by atoms with Gasteiger partial charge in [-0.15, -0.1) is 0 Å². The summed E-state index contributed by atoms with van der Waals surface area (Å²) in [6.45, 7) is 10.1. The molecule has 0 aliphatic rings. The molecule has 0 aliphatic carbocycles. The lowest BCUT2D eigenvalue weighted by atomic mass is 10.1. The van der Waals surface area contributed by atoms with E-state index in [2.05, 4.69) is 15.1 Å². The molecule has 0 aromatic carbocycles. The molecule has 22 heavy (non-hydrogen) atoms. The Bertz CT molecular complexity index is 881. The number of aromatic nitrogens is 5. The lowest BCUT2D eigenvalue weighted by molar-refractivity contribution is 0.391. The van der Waals surface area contributed by atoms with Crippen molar-refractivity contribution in [1.29, 1.82) is 0 Å². The number of nitrogens with zero attached hydrogens (tertiary/aromatic N) is 5. The van der Waals surface area contributed by atoms with Gasteiger partial charge >= 0.3 is 0 Å². The molecular formula is C15H19N5O2. The van der Waals surface area contributed by atoms with Crippen LogP contribution in [-0.2, 0) is 6.54 Å². The first-order chi connectivity index (χ1) is 10.4. The van der Waals surface area contributed by atoms with Crippen molar-refractivity contribution in [3.63, 3.8) is 0 Å². The molecule has 0 atom stereocenters. The van der Waals surface area contributed by atoms with E-state index < -0.39 is 0 Å². The van der Waals surface area contributed by atoms with Gasteiger partial charge in [0.1, 0.15) is 11.6 Å². The van der Waals surface area contributed by atoms with Gasteiger partial charge in [-0.1, -0.05) is 19.0 Å². The normalized spacial score (nSPS) is 11.7. The standard InChI is InChI=1S/C15H19N5O2/c1-8(2)13-6-14(21)20-15(17-13)16-11(5)19(20)7-12-9(3)18-22-10(12)4/h6,8H,7H2,1-5H3. The molecule has 0 amide bonds. The van der Waals surface area contributed by atoms with Gasteiger partial charge < -0.3 is 4.52 Å². The molecule has 7 nitrogen and oxygen atoms in total. The molecule has 0 bridgehead atoms. The third kappa shape index (κ3) is 2.22. The van der Waals surface area contributed by atoms with Crippen molar-refractivity contribution in [2.45, 2.75) is 47.1 Å². The van der Waals surface area contributed by atoms with Gasteiger partial charge in [-0.2, -0.15) is 9.50 Å². The zero-order valence-corrected chi connectivity index (χ0v) is 13.4. The Morgan fingerprint density at radius 1 is 1.23 bits per heavy atom. The average molecular weight is 301 g/mol. The predicted octanol–water partition coefficient (Wildman–Crippen LogP) is 1.98. The van der Waals surface area contributed by atoms with E-state index in [1.165, 1.54) is 4.52 Å². The Kier molecular flexibility index (Phi) is 3.35. The highest BCUT2D eigenvalue weighted by atomic mass is 16.5. The molecule has 3 heterocycles. The Hall–Kier alpha value is -2.44. The molecule has 0 saturated carbocycles. The predicted molar refractivity (Wildman–Crippen MR) is 81.2 cm³/mol. The summed E-state index contributed by atoms with van der Waals surface area (Å²) in [7, 11) is 0. The maximum Gasteiger partial charge on any atom is 0.274 e. The third-order valence-corrected chi connectivity index (χ3v) is 3.86. The minimum atomic E-state index is -0.124. The van der Waals surface area contributed by atoms with E-state index in [-0.39, 0.29) is 11.5 Å². The van der Waals surface area contributed by atoms with Crippen molar-refractivity contribution < 1.29 is 4.52 Å². The molecule has 3 aromatic heterocycles. The Morgan fingerprint density at radius 2 is 1.95 bits per heavy atom. The number of aryl methyl sites for hydroxylation is 3. The fourth-order valence-electron chi connectivity index (χ4n) is 2.49. The highest BCUT2D eigenvalue weighted by molar-refractivity contribution is 5.30. The van der Waals surface area contributed by atoms with E-state index in [4.69, 9.17) is 4.52 Å². The highest BCUT2D eigenvalue weighted by Gasteiger charge is 2.16. The van der Waals surface area contributed by atoms with Gasteiger partial charge in [-0.25, -0.2) is 4.98 Å². The van der Waals surface area contributed by atoms with Crippen LogP contribution in [0.2, 0.25) is 0 Å². The number of hydrogen-bond acceptors (Lipinski definition) is 5. The van der Waals surface area contributed by atoms with E-state index in [1.807, 2.05) is 34.6 Å². The lowest BCUT2D eigenvalue weighted by Gasteiger charge is -2.08. The van der Waals surface area contributed by atoms with Gasteiger partial charge in [0.15, 0.2) is 0 Å². The van der Waals surface area contributed by atoms with Gasteiger partial charge in [0, 0.05) is 11.6 Å². The van der Waals surface area contributed by atoms with Crippen molar-refractivity contribution in [2.75, 3.05) is 0 Å². The van der Waals surface area contributed by atoms with Gasteiger partial charge in [0.25, 0.3) is 11.3 Å². The molecule has 0 spiro atoms. The van der Waals surface area contributed by atoms with E-state index in [9.17, 15) is 4.79 Å². The number of rotatable bonds is 3. The van der Waals surface area contributed by atoms with E-state index in [0.717, 1.165) is 28.5 Å². The van der Waals surface area contributed by atoms with Crippen molar-refractivity contribution >= 4 is 5.78 Å². The van der Waals surface area contributed by atoms with Crippen LogP contribution in [-0.4, -0.2) is 24.3 Å². The Balaban J connectivity index is 2.19. The molecule has 0 radical (unpaired) electrons. The van der Waals surface area contributed by atoms with Crippen LogP contribution in [0.25, 0.3) is 5.78 Å². The monoisotopic (exact) mass is 301 g/mol. The zero-order chi connectivity index (χ0) is 16.0. The molecular weight excluding hydrogens is 282 g/mol. The zero-order valence-electron chi connectivity index (χ0n) is 13.4. The minimum absolute atomic E-state index is 0.124. The summed E-state index contributed by atoms with van der Waals surface area (Å²) in [6.07, 6.45) is 0. The summed E-state index contributed by atoms with van der Waals surface area (Å²) in [4.78, 5) is 21.4. The number of hydrogen-bond donors (Lipinski definition) is 0. The van der Waals surface area contributed by atoms with Crippen molar-refractivity contribution in [3.05, 3.63) is 45.0 Å². The molecule has 0 aliphatic heterocycles. The van der Waals surface area contributed by atoms with E-state index in [0.29, 0.717) is 12.3 Å². The second kappa shape index (κ2) is 5.08. The summed E-state index contributed by atoms with van der Waals surface area (Å²) in [5.74, 6) is 2.09. The van der Waals surface area contributed by atoms with Crippen LogP contribution < -0.4 is 5.56 Å².